The standard InChI is InChI=1S/C35H22N2OS/c1-3-11-23(12-4-1)35-36-34-29-17-8-7-15-26(29)30(22-31(34)38-35)37(24-13-5-2-6-14-24)25-19-20-28-27-16-9-10-18-32(27)39-33(28)21-25/h1-22H. The first kappa shape index (κ1) is 22.1. The molecule has 6 aromatic carbocycles. The fraction of sp³-hybridized carbons (Fsp3) is 0. The molecule has 0 bridgehead atoms. The maximum atomic E-state index is 6.40. The molecule has 0 aliphatic rings. The van der Waals surface area contributed by atoms with E-state index in [2.05, 4.69) is 108 Å². The molecule has 8 rings (SSSR count). The van der Waals surface area contributed by atoms with E-state index >= 15 is 0 Å². The largest absolute Gasteiger partial charge is 0.436 e. The highest BCUT2D eigenvalue weighted by molar-refractivity contribution is 7.25. The van der Waals surface area contributed by atoms with Crippen molar-refractivity contribution in [3.63, 3.8) is 0 Å². The predicted molar refractivity (Wildman–Crippen MR) is 165 cm³/mol. The molecule has 0 unspecified atom stereocenters. The van der Waals surface area contributed by atoms with Gasteiger partial charge in [0.1, 0.15) is 5.52 Å². The number of rotatable bonds is 4. The van der Waals surface area contributed by atoms with E-state index in [0.717, 1.165) is 44.5 Å². The number of anilines is 3. The minimum Gasteiger partial charge on any atom is -0.436 e. The molecule has 0 atom stereocenters. The number of hydrogen-bond acceptors (Lipinski definition) is 4. The van der Waals surface area contributed by atoms with Crippen LogP contribution in [0.25, 0.3) is 53.5 Å². The van der Waals surface area contributed by atoms with E-state index in [-0.39, 0.29) is 0 Å². The summed E-state index contributed by atoms with van der Waals surface area (Å²) in [6.45, 7) is 0. The summed E-state index contributed by atoms with van der Waals surface area (Å²) in [4.78, 5) is 7.27. The van der Waals surface area contributed by atoms with Gasteiger partial charge in [-0.25, -0.2) is 4.98 Å². The Morgan fingerprint density at radius 1 is 0.538 bits per heavy atom. The molecular weight excluding hydrogens is 496 g/mol. The molecule has 0 aliphatic carbocycles. The van der Waals surface area contributed by atoms with Crippen LogP contribution in [-0.2, 0) is 0 Å². The molecule has 0 fully saturated rings. The number of fused-ring (bicyclic) bond motifs is 6. The Kier molecular flexibility index (Phi) is 5.00. The number of hydrogen-bond donors (Lipinski definition) is 0. The monoisotopic (exact) mass is 518 g/mol. The highest BCUT2D eigenvalue weighted by atomic mass is 32.1. The molecule has 0 amide bonds. The van der Waals surface area contributed by atoms with E-state index in [0.29, 0.717) is 5.89 Å². The normalized spacial score (nSPS) is 11.6. The Morgan fingerprint density at radius 3 is 2.03 bits per heavy atom. The fourth-order valence-corrected chi connectivity index (χ4v) is 6.62. The maximum Gasteiger partial charge on any atom is 0.227 e. The van der Waals surface area contributed by atoms with Crippen molar-refractivity contribution in [3.8, 4) is 11.5 Å². The lowest BCUT2D eigenvalue weighted by Gasteiger charge is -2.27. The van der Waals surface area contributed by atoms with Gasteiger partial charge < -0.3 is 9.32 Å². The summed E-state index contributed by atoms with van der Waals surface area (Å²) in [6.07, 6.45) is 0. The molecular formula is C35H22N2OS. The summed E-state index contributed by atoms with van der Waals surface area (Å²) >= 11 is 1.84. The number of thiophene rings is 1. The van der Waals surface area contributed by atoms with Crippen molar-refractivity contribution < 1.29 is 4.42 Å². The zero-order valence-corrected chi connectivity index (χ0v) is 21.7. The maximum absolute atomic E-state index is 6.40. The summed E-state index contributed by atoms with van der Waals surface area (Å²) in [7, 11) is 0. The highest BCUT2D eigenvalue weighted by Gasteiger charge is 2.21. The summed E-state index contributed by atoms with van der Waals surface area (Å²) in [6, 6.07) is 46.6. The van der Waals surface area contributed by atoms with Crippen LogP contribution in [-0.4, -0.2) is 4.98 Å². The van der Waals surface area contributed by atoms with Crippen LogP contribution in [0.2, 0.25) is 0 Å². The average Bonchev–Trinajstić information content (AvgIpc) is 3.60. The lowest BCUT2D eigenvalue weighted by Crippen LogP contribution is -2.10. The van der Waals surface area contributed by atoms with Gasteiger partial charge >= 0.3 is 0 Å². The Hall–Kier alpha value is -4.93. The van der Waals surface area contributed by atoms with Crippen LogP contribution in [0, 0.1) is 0 Å². The lowest BCUT2D eigenvalue weighted by atomic mass is 10.0. The van der Waals surface area contributed by atoms with Gasteiger partial charge in [0.15, 0.2) is 5.58 Å². The summed E-state index contributed by atoms with van der Waals surface area (Å²) in [5.74, 6) is 0.630. The van der Waals surface area contributed by atoms with Gasteiger partial charge in [0, 0.05) is 53.9 Å². The third-order valence-corrected chi connectivity index (χ3v) is 8.41. The molecule has 184 valence electrons. The third-order valence-electron chi connectivity index (χ3n) is 7.28. The molecule has 8 aromatic rings. The van der Waals surface area contributed by atoms with Crippen LogP contribution >= 0.6 is 11.3 Å². The summed E-state index contributed by atoms with van der Waals surface area (Å²) in [5.41, 5.74) is 5.86. The molecule has 2 heterocycles. The zero-order valence-electron chi connectivity index (χ0n) is 20.9. The van der Waals surface area contributed by atoms with Gasteiger partial charge in [-0.15, -0.1) is 11.3 Å². The first-order chi connectivity index (χ1) is 19.3. The average molecular weight is 519 g/mol. The Balaban J connectivity index is 1.40. The van der Waals surface area contributed by atoms with Gasteiger partial charge in [0.25, 0.3) is 0 Å². The van der Waals surface area contributed by atoms with E-state index < -0.39 is 0 Å². The van der Waals surface area contributed by atoms with E-state index in [4.69, 9.17) is 9.40 Å². The second-order valence-electron chi connectivity index (χ2n) is 9.62. The van der Waals surface area contributed by atoms with Gasteiger partial charge in [-0.3, -0.25) is 0 Å². The minimum absolute atomic E-state index is 0.630. The van der Waals surface area contributed by atoms with E-state index in [9.17, 15) is 0 Å². The number of nitrogens with zero attached hydrogens (tertiary/aromatic N) is 2. The molecule has 3 nitrogen and oxygen atoms in total. The highest BCUT2D eigenvalue weighted by Crippen LogP contribution is 2.44. The van der Waals surface area contributed by atoms with Gasteiger partial charge in [-0.2, -0.15) is 0 Å². The van der Waals surface area contributed by atoms with Crippen molar-refractivity contribution in [2.24, 2.45) is 0 Å². The molecule has 0 radical (unpaired) electrons. The number of oxazole rings is 1. The second kappa shape index (κ2) is 8.83. The molecule has 39 heavy (non-hydrogen) atoms. The van der Waals surface area contributed by atoms with Gasteiger partial charge in [-0.05, 0) is 42.5 Å². The first-order valence-corrected chi connectivity index (χ1v) is 13.8. The van der Waals surface area contributed by atoms with Gasteiger partial charge in [0.2, 0.25) is 5.89 Å². The summed E-state index contributed by atoms with van der Waals surface area (Å²) < 4.78 is 8.97. The van der Waals surface area contributed by atoms with Crippen molar-refractivity contribution in [1.82, 2.24) is 4.98 Å². The SMILES string of the molecule is c1ccc(-c2nc3c(cc(N(c4ccccc4)c4ccc5c(c4)sc4ccccc45)c4ccccc43)o2)cc1. The van der Waals surface area contributed by atoms with Gasteiger partial charge in [-0.1, -0.05) is 84.9 Å². The van der Waals surface area contributed by atoms with Crippen LogP contribution in [0.4, 0.5) is 17.1 Å². The predicted octanol–water partition coefficient (Wildman–Crippen LogP) is 10.5. The van der Waals surface area contributed by atoms with Crippen molar-refractivity contribution in [3.05, 3.63) is 133 Å². The topological polar surface area (TPSA) is 29.3 Å². The fourth-order valence-electron chi connectivity index (χ4n) is 5.48. The lowest BCUT2D eigenvalue weighted by molar-refractivity contribution is 0.620. The quantitative estimate of drug-likeness (QED) is 0.232. The van der Waals surface area contributed by atoms with Crippen molar-refractivity contribution >= 4 is 70.4 Å². The van der Waals surface area contributed by atoms with Crippen LogP contribution in [0.1, 0.15) is 0 Å². The van der Waals surface area contributed by atoms with Crippen molar-refractivity contribution in [2.45, 2.75) is 0 Å². The molecule has 0 saturated heterocycles. The number of aromatic nitrogens is 1. The van der Waals surface area contributed by atoms with Crippen molar-refractivity contribution in [2.75, 3.05) is 4.90 Å². The number of para-hydroxylation sites is 1. The Labute approximate surface area is 229 Å². The second-order valence-corrected chi connectivity index (χ2v) is 10.7. The van der Waals surface area contributed by atoms with E-state index in [1.54, 1.807) is 0 Å². The molecule has 0 spiro atoms. The van der Waals surface area contributed by atoms with Crippen LogP contribution < -0.4 is 4.90 Å². The number of benzene rings is 6. The molecule has 0 saturated carbocycles. The first-order valence-electron chi connectivity index (χ1n) is 13.0. The Morgan fingerprint density at radius 2 is 1.21 bits per heavy atom. The molecule has 0 aliphatic heterocycles. The van der Waals surface area contributed by atoms with Crippen LogP contribution in [0.15, 0.2) is 138 Å². The van der Waals surface area contributed by atoms with Crippen molar-refractivity contribution in [1.29, 1.82) is 0 Å². The molecule has 0 N–H and O–H groups in total. The third kappa shape index (κ3) is 3.61. The molecule has 4 heteroatoms. The van der Waals surface area contributed by atoms with Gasteiger partial charge in [0.05, 0.1) is 5.69 Å². The summed E-state index contributed by atoms with van der Waals surface area (Å²) in [5, 5.41) is 4.78. The zero-order chi connectivity index (χ0) is 25.8. The smallest absolute Gasteiger partial charge is 0.227 e. The minimum atomic E-state index is 0.630. The molecule has 2 aromatic heterocycles. The van der Waals surface area contributed by atoms with Crippen LogP contribution in [0.3, 0.4) is 0 Å². The van der Waals surface area contributed by atoms with E-state index in [1.807, 2.05) is 41.7 Å². The van der Waals surface area contributed by atoms with E-state index in [1.165, 1.54) is 20.2 Å². The van der Waals surface area contributed by atoms with Crippen LogP contribution in [0.5, 0.6) is 0 Å². The Bertz CT molecular complexity index is 2130.